The zero-order valence-corrected chi connectivity index (χ0v) is 14.8. The Morgan fingerprint density at radius 3 is 2.68 bits per heavy atom. The molecule has 2 aliphatic rings. The van der Waals surface area contributed by atoms with Gasteiger partial charge in [-0.3, -0.25) is 4.79 Å². The third kappa shape index (κ3) is 3.26. The second-order valence-corrected chi connectivity index (χ2v) is 7.16. The third-order valence-corrected chi connectivity index (χ3v) is 5.65. The standard InChI is InChI=1S/C21H25N3O/c1-23(21(25)18-9-8-16-5-4-6-17(16)15-18)19-10-13-24(14-11-19)20-7-2-3-12-22-20/h2-3,7-9,12,15,19H,4-6,10-11,13-14H2,1H3. The number of hydrogen-bond acceptors (Lipinski definition) is 3. The van der Waals surface area contributed by atoms with Crippen LogP contribution in [0.5, 0.6) is 0 Å². The minimum atomic E-state index is 0.158. The maximum absolute atomic E-state index is 12.9. The van der Waals surface area contributed by atoms with Gasteiger partial charge in [-0.15, -0.1) is 0 Å². The molecule has 4 heteroatoms. The van der Waals surface area contributed by atoms with Crippen LogP contribution in [0, 0.1) is 0 Å². The van der Waals surface area contributed by atoms with E-state index in [0.717, 1.165) is 50.2 Å². The molecule has 0 spiro atoms. The summed E-state index contributed by atoms with van der Waals surface area (Å²) in [5.74, 6) is 1.19. The lowest BCUT2D eigenvalue weighted by Crippen LogP contribution is -2.45. The molecule has 0 unspecified atom stereocenters. The zero-order valence-electron chi connectivity index (χ0n) is 14.8. The molecular weight excluding hydrogens is 310 g/mol. The summed E-state index contributed by atoms with van der Waals surface area (Å²) in [7, 11) is 1.96. The Morgan fingerprint density at radius 1 is 1.12 bits per heavy atom. The van der Waals surface area contributed by atoms with Crippen molar-refractivity contribution in [3.05, 3.63) is 59.3 Å². The second kappa shape index (κ2) is 6.87. The van der Waals surface area contributed by atoms with Gasteiger partial charge < -0.3 is 9.80 Å². The number of anilines is 1. The molecule has 2 aromatic rings. The predicted molar refractivity (Wildman–Crippen MR) is 100 cm³/mol. The lowest BCUT2D eigenvalue weighted by Gasteiger charge is -2.37. The normalized spacial score (nSPS) is 17.4. The molecule has 4 rings (SSSR count). The molecule has 1 aliphatic carbocycles. The van der Waals surface area contributed by atoms with E-state index in [9.17, 15) is 4.79 Å². The molecule has 1 aromatic heterocycles. The average Bonchev–Trinajstić information content (AvgIpc) is 3.15. The summed E-state index contributed by atoms with van der Waals surface area (Å²) in [6.45, 7) is 1.90. The van der Waals surface area contributed by atoms with Crippen LogP contribution < -0.4 is 4.90 Å². The molecule has 1 aliphatic heterocycles. The number of rotatable bonds is 3. The molecule has 0 radical (unpaired) electrons. The van der Waals surface area contributed by atoms with Crippen molar-refractivity contribution < 1.29 is 4.79 Å². The molecule has 4 nitrogen and oxygen atoms in total. The molecular formula is C21H25N3O. The van der Waals surface area contributed by atoms with Gasteiger partial charge in [-0.1, -0.05) is 12.1 Å². The van der Waals surface area contributed by atoms with Crippen LogP contribution in [0.15, 0.2) is 42.6 Å². The number of piperidine rings is 1. The summed E-state index contributed by atoms with van der Waals surface area (Å²) in [5.41, 5.74) is 3.63. The summed E-state index contributed by atoms with van der Waals surface area (Å²) in [6, 6.07) is 12.6. The molecule has 1 aromatic carbocycles. The second-order valence-electron chi connectivity index (χ2n) is 7.16. The van der Waals surface area contributed by atoms with Gasteiger partial charge in [-0.05, 0) is 67.5 Å². The van der Waals surface area contributed by atoms with Crippen LogP contribution >= 0.6 is 0 Å². The van der Waals surface area contributed by atoms with Crippen molar-refractivity contribution in [1.82, 2.24) is 9.88 Å². The predicted octanol–water partition coefficient (Wildman–Crippen LogP) is 3.31. The largest absolute Gasteiger partial charge is 0.356 e. The molecule has 0 atom stereocenters. The van der Waals surface area contributed by atoms with Crippen LogP contribution in [-0.2, 0) is 12.8 Å². The van der Waals surface area contributed by atoms with Gasteiger partial charge in [-0.2, -0.15) is 0 Å². The number of pyridine rings is 1. The first kappa shape index (κ1) is 16.1. The summed E-state index contributed by atoms with van der Waals surface area (Å²) in [4.78, 5) is 21.6. The smallest absolute Gasteiger partial charge is 0.253 e. The highest BCUT2D eigenvalue weighted by molar-refractivity contribution is 5.94. The van der Waals surface area contributed by atoms with E-state index < -0.39 is 0 Å². The van der Waals surface area contributed by atoms with Crippen LogP contribution in [0.25, 0.3) is 0 Å². The van der Waals surface area contributed by atoms with Crippen LogP contribution in [0.4, 0.5) is 5.82 Å². The third-order valence-electron chi connectivity index (χ3n) is 5.65. The molecule has 1 saturated heterocycles. The van der Waals surface area contributed by atoms with Crippen LogP contribution in [-0.4, -0.2) is 42.0 Å². The number of nitrogens with zero attached hydrogens (tertiary/aromatic N) is 3. The fourth-order valence-corrected chi connectivity index (χ4v) is 4.10. The quantitative estimate of drug-likeness (QED) is 0.863. The maximum Gasteiger partial charge on any atom is 0.253 e. The lowest BCUT2D eigenvalue weighted by atomic mass is 10.0. The van der Waals surface area contributed by atoms with Gasteiger partial charge in [0.25, 0.3) is 5.91 Å². The fourth-order valence-electron chi connectivity index (χ4n) is 4.10. The van der Waals surface area contributed by atoms with Crippen molar-refractivity contribution in [1.29, 1.82) is 0 Å². The van der Waals surface area contributed by atoms with E-state index in [1.165, 1.54) is 17.5 Å². The van der Waals surface area contributed by atoms with Crippen molar-refractivity contribution in [2.45, 2.75) is 38.1 Å². The molecule has 130 valence electrons. The first-order chi connectivity index (χ1) is 12.2. The lowest BCUT2D eigenvalue weighted by molar-refractivity contribution is 0.0709. The number of carbonyl (C=O) groups excluding carboxylic acids is 1. The molecule has 1 amide bonds. The van der Waals surface area contributed by atoms with E-state index in [1.54, 1.807) is 0 Å². The minimum absolute atomic E-state index is 0.158. The van der Waals surface area contributed by atoms with Gasteiger partial charge in [0, 0.05) is 37.9 Å². The summed E-state index contributed by atoms with van der Waals surface area (Å²) < 4.78 is 0. The van der Waals surface area contributed by atoms with E-state index >= 15 is 0 Å². The number of aromatic nitrogens is 1. The molecule has 0 N–H and O–H groups in total. The summed E-state index contributed by atoms with van der Waals surface area (Å²) in [6.07, 6.45) is 7.31. The molecule has 2 heterocycles. The van der Waals surface area contributed by atoms with Gasteiger partial charge in [0.05, 0.1) is 0 Å². The Morgan fingerprint density at radius 2 is 1.92 bits per heavy atom. The van der Waals surface area contributed by atoms with Gasteiger partial charge in [0.15, 0.2) is 0 Å². The van der Waals surface area contributed by atoms with E-state index in [1.807, 2.05) is 36.3 Å². The zero-order chi connectivity index (χ0) is 17.2. The Kier molecular flexibility index (Phi) is 4.43. The first-order valence-electron chi connectivity index (χ1n) is 9.27. The number of fused-ring (bicyclic) bond motifs is 1. The monoisotopic (exact) mass is 335 g/mol. The minimum Gasteiger partial charge on any atom is -0.356 e. The SMILES string of the molecule is CN(C(=O)c1ccc2c(c1)CCC2)C1CCN(c2ccccn2)CC1. The van der Waals surface area contributed by atoms with Crippen molar-refractivity contribution in [2.75, 3.05) is 25.0 Å². The van der Waals surface area contributed by atoms with E-state index in [-0.39, 0.29) is 5.91 Å². The Balaban J connectivity index is 1.40. The van der Waals surface area contributed by atoms with Crippen LogP contribution in [0.2, 0.25) is 0 Å². The average molecular weight is 335 g/mol. The Hall–Kier alpha value is -2.36. The Bertz CT molecular complexity index is 751. The molecule has 25 heavy (non-hydrogen) atoms. The Labute approximate surface area is 149 Å². The van der Waals surface area contributed by atoms with Gasteiger partial charge in [0.1, 0.15) is 5.82 Å². The van der Waals surface area contributed by atoms with Gasteiger partial charge >= 0.3 is 0 Å². The van der Waals surface area contributed by atoms with Gasteiger partial charge in [0.2, 0.25) is 0 Å². The van der Waals surface area contributed by atoms with E-state index in [2.05, 4.69) is 28.1 Å². The number of amides is 1. The van der Waals surface area contributed by atoms with Crippen LogP contribution in [0.3, 0.4) is 0 Å². The summed E-state index contributed by atoms with van der Waals surface area (Å²) >= 11 is 0. The van der Waals surface area contributed by atoms with Crippen LogP contribution in [0.1, 0.15) is 40.7 Å². The van der Waals surface area contributed by atoms with Crippen molar-refractivity contribution >= 4 is 11.7 Å². The number of aryl methyl sites for hydroxylation is 2. The summed E-state index contributed by atoms with van der Waals surface area (Å²) in [5, 5.41) is 0. The maximum atomic E-state index is 12.9. The topological polar surface area (TPSA) is 36.4 Å². The highest BCUT2D eigenvalue weighted by Crippen LogP contribution is 2.25. The number of benzene rings is 1. The highest BCUT2D eigenvalue weighted by atomic mass is 16.2. The van der Waals surface area contributed by atoms with Crippen molar-refractivity contribution in [3.8, 4) is 0 Å². The highest BCUT2D eigenvalue weighted by Gasteiger charge is 2.27. The molecule has 0 saturated carbocycles. The van der Waals surface area contributed by atoms with Crippen molar-refractivity contribution in [3.63, 3.8) is 0 Å². The van der Waals surface area contributed by atoms with Gasteiger partial charge in [-0.25, -0.2) is 4.98 Å². The van der Waals surface area contributed by atoms with E-state index in [0.29, 0.717) is 6.04 Å². The molecule has 1 fully saturated rings. The number of hydrogen-bond donors (Lipinski definition) is 0. The first-order valence-corrected chi connectivity index (χ1v) is 9.27. The fraction of sp³-hybridized carbons (Fsp3) is 0.429. The molecule has 0 bridgehead atoms. The van der Waals surface area contributed by atoms with E-state index in [4.69, 9.17) is 0 Å². The van der Waals surface area contributed by atoms with Crippen molar-refractivity contribution in [2.24, 2.45) is 0 Å². The number of carbonyl (C=O) groups is 1.